The minimum absolute atomic E-state index is 0.279. The van der Waals surface area contributed by atoms with Crippen LogP contribution in [0.25, 0.3) is 0 Å². The first-order valence-electron chi connectivity index (χ1n) is 8.53. The van der Waals surface area contributed by atoms with Crippen LogP contribution in [0, 0.1) is 0 Å². The first-order valence-corrected chi connectivity index (χ1v) is 8.53. The van der Waals surface area contributed by atoms with Crippen molar-refractivity contribution in [3.05, 3.63) is 41.3 Å². The second kappa shape index (κ2) is 7.26. The van der Waals surface area contributed by atoms with Crippen molar-refractivity contribution in [2.75, 3.05) is 20.8 Å². The van der Waals surface area contributed by atoms with E-state index in [0.29, 0.717) is 5.92 Å². The molecule has 1 fully saturated rings. The molecule has 0 saturated carbocycles. The molecule has 1 aromatic carbocycles. The van der Waals surface area contributed by atoms with Gasteiger partial charge in [0.1, 0.15) is 11.5 Å². The molecule has 0 N–H and O–H groups in total. The molecule has 130 valence electrons. The smallest absolute Gasteiger partial charge is 0.154 e. The second-order valence-corrected chi connectivity index (χ2v) is 6.62. The highest BCUT2D eigenvalue weighted by Gasteiger charge is 2.30. The first kappa shape index (κ1) is 16.8. The molecule has 3 rings (SSSR count). The average molecular weight is 330 g/mol. The molecule has 0 bridgehead atoms. The van der Waals surface area contributed by atoms with Gasteiger partial charge < -0.3 is 14.0 Å². The third-order valence-corrected chi connectivity index (χ3v) is 4.69. The zero-order valence-electron chi connectivity index (χ0n) is 14.9. The molecule has 2 aromatic rings. The quantitative estimate of drug-likeness (QED) is 0.796. The van der Waals surface area contributed by atoms with E-state index in [4.69, 9.17) is 14.0 Å². The Balaban J connectivity index is 1.81. The number of ether oxygens (including phenoxy) is 2. The molecule has 1 atom stereocenters. The van der Waals surface area contributed by atoms with Crippen LogP contribution in [0.5, 0.6) is 11.5 Å². The lowest BCUT2D eigenvalue weighted by atomic mass is 10.1. The lowest BCUT2D eigenvalue weighted by Crippen LogP contribution is -2.22. The molecule has 0 unspecified atom stereocenters. The third-order valence-electron chi connectivity index (χ3n) is 4.69. The van der Waals surface area contributed by atoms with E-state index in [-0.39, 0.29) is 6.04 Å². The van der Waals surface area contributed by atoms with Gasteiger partial charge in [-0.1, -0.05) is 19.0 Å². The standard InChI is InChI=1S/C19H26N2O3/c1-13(2)16-11-19(24-20-16)17-6-5-9-21(17)12-14-10-15(22-3)7-8-18(14)23-4/h7-8,10-11,13,17H,5-6,9,12H2,1-4H3/t17-/m1/s1. The van der Waals surface area contributed by atoms with Gasteiger partial charge in [-0.2, -0.15) is 0 Å². The summed E-state index contributed by atoms with van der Waals surface area (Å²) < 4.78 is 16.5. The number of benzene rings is 1. The summed E-state index contributed by atoms with van der Waals surface area (Å²) in [5.74, 6) is 3.10. The zero-order chi connectivity index (χ0) is 17.1. The summed E-state index contributed by atoms with van der Waals surface area (Å²) in [4.78, 5) is 2.43. The van der Waals surface area contributed by atoms with Gasteiger partial charge in [0.2, 0.25) is 0 Å². The Kier molecular flexibility index (Phi) is 5.09. The number of rotatable bonds is 6. The largest absolute Gasteiger partial charge is 0.497 e. The van der Waals surface area contributed by atoms with Crippen molar-refractivity contribution >= 4 is 0 Å². The first-order chi connectivity index (χ1) is 11.6. The lowest BCUT2D eigenvalue weighted by Gasteiger charge is -2.23. The van der Waals surface area contributed by atoms with Gasteiger partial charge in [0.15, 0.2) is 5.76 Å². The summed E-state index contributed by atoms with van der Waals surface area (Å²) in [6.07, 6.45) is 2.26. The second-order valence-electron chi connectivity index (χ2n) is 6.62. The predicted molar refractivity (Wildman–Crippen MR) is 92.5 cm³/mol. The van der Waals surface area contributed by atoms with Crippen LogP contribution in [0.4, 0.5) is 0 Å². The molecule has 1 aromatic heterocycles. The molecule has 1 aliphatic rings. The van der Waals surface area contributed by atoms with Crippen molar-refractivity contribution in [2.24, 2.45) is 0 Å². The van der Waals surface area contributed by atoms with Gasteiger partial charge in [-0.25, -0.2) is 0 Å². The maximum atomic E-state index is 5.63. The van der Waals surface area contributed by atoms with Crippen LogP contribution in [0.15, 0.2) is 28.8 Å². The van der Waals surface area contributed by atoms with E-state index < -0.39 is 0 Å². The molecule has 0 spiro atoms. The average Bonchev–Trinajstić information content (AvgIpc) is 3.23. The fourth-order valence-corrected chi connectivity index (χ4v) is 3.29. The topological polar surface area (TPSA) is 47.7 Å². The summed E-state index contributed by atoms with van der Waals surface area (Å²) >= 11 is 0. The Morgan fingerprint density at radius 3 is 2.75 bits per heavy atom. The molecule has 1 aliphatic heterocycles. The fraction of sp³-hybridized carbons (Fsp3) is 0.526. The highest BCUT2D eigenvalue weighted by atomic mass is 16.5. The predicted octanol–water partition coefficient (Wildman–Crippen LogP) is 4.15. The Labute approximate surface area is 143 Å². The molecule has 2 heterocycles. The van der Waals surface area contributed by atoms with E-state index in [1.807, 2.05) is 18.2 Å². The fourth-order valence-electron chi connectivity index (χ4n) is 3.29. The lowest BCUT2D eigenvalue weighted by molar-refractivity contribution is 0.204. The molecule has 1 saturated heterocycles. The van der Waals surface area contributed by atoms with Gasteiger partial charge in [-0.05, 0) is 43.5 Å². The number of likely N-dealkylation sites (tertiary alicyclic amines) is 1. The van der Waals surface area contributed by atoms with Gasteiger partial charge in [-0.15, -0.1) is 0 Å². The monoisotopic (exact) mass is 330 g/mol. The Bertz CT molecular complexity index is 681. The summed E-state index contributed by atoms with van der Waals surface area (Å²) in [6, 6.07) is 8.32. The number of hydrogen-bond donors (Lipinski definition) is 0. The number of aromatic nitrogens is 1. The number of nitrogens with zero attached hydrogens (tertiary/aromatic N) is 2. The van der Waals surface area contributed by atoms with Crippen molar-refractivity contribution in [3.63, 3.8) is 0 Å². The van der Waals surface area contributed by atoms with Crippen LogP contribution in [-0.4, -0.2) is 30.8 Å². The van der Waals surface area contributed by atoms with Gasteiger partial charge in [-0.3, -0.25) is 4.90 Å². The van der Waals surface area contributed by atoms with E-state index in [1.165, 1.54) is 0 Å². The molecular weight excluding hydrogens is 304 g/mol. The van der Waals surface area contributed by atoms with Crippen LogP contribution in [0.2, 0.25) is 0 Å². The van der Waals surface area contributed by atoms with Crippen LogP contribution in [0.3, 0.4) is 0 Å². The molecular formula is C19H26N2O3. The van der Waals surface area contributed by atoms with E-state index in [9.17, 15) is 0 Å². The van der Waals surface area contributed by atoms with Crippen molar-refractivity contribution in [1.82, 2.24) is 10.1 Å². The number of hydrogen-bond acceptors (Lipinski definition) is 5. The van der Waals surface area contributed by atoms with E-state index in [2.05, 4.69) is 30.0 Å². The van der Waals surface area contributed by atoms with E-state index in [1.54, 1.807) is 14.2 Å². The van der Waals surface area contributed by atoms with Gasteiger partial charge in [0.05, 0.1) is 26.0 Å². The normalized spacial score (nSPS) is 18.3. The minimum Gasteiger partial charge on any atom is -0.497 e. The Hall–Kier alpha value is -2.01. The summed E-state index contributed by atoms with van der Waals surface area (Å²) in [5, 5.41) is 4.22. The van der Waals surface area contributed by atoms with Gasteiger partial charge >= 0.3 is 0 Å². The highest BCUT2D eigenvalue weighted by Crippen LogP contribution is 2.36. The molecule has 0 amide bonds. The maximum Gasteiger partial charge on any atom is 0.154 e. The third kappa shape index (κ3) is 3.41. The van der Waals surface area contributed by atoms with E-state index in [0.717, 1.165) is 54.4 Å². The molecule has 0 radical (unpaired) electrons. The summed E-state index contributed by atoms with van der Waals surface area (Å²) in [6.45, 7) is 6.12. The van der Waals surface area contributed by atoms with Crippen LogP contribution >= 0.6 is 0 Å². The molecule has 5 nitrogen and oxygen atoms in total. The number of methoxy groups -OCH3 is 2. The maximum absolute atomic E-state index is 5.63. The Morgan fingerprint density at radius 2 is 2.08 bits per heavy atom. The zero-order valence-corrected chi connectivity index (χ0v) is 14.9. The van der Waals surface area contributed by atoms with Crippen molar-refractivity contribution in [2.45, 2.75) is 45.2 Å². The van der Waals surface area contributed by atoms with Crippen molar-refractivity contribution in [3.8, 4) is 11.5 Å². The van der Waals surface area contributed by atoms with Crippen molar-refractivity contribution < 1.29 is 14.0 Å². The SMILES string of the molecule is COc1ccc(OC)c(CN2CCC[C@@H]2c2cc(C(C)C)no2)c1. The molecule has 24 heavy (non-hydrogen) atoms. The van der Waals surface area contributed by atoms with Gasteiger partial charge in [0, 0.05) is 18.2 Å². The minimum atomic E-state index is 0.279. The van der Waals surface area contributed by atoms with E-state index >= 15 is 0 Å². The van der Waals surface area contributed by atoms with Crippen LogP contribution in [-0.2, 0) is 6.54 Å². The summed E-state index contributed by atoms with van der Waals surface area (Å²) in [7, 11) is 3.39. The summed E-state index contributed by atoms with van der Waals surface area (Å²) in [5.41, 5.74) is 2.16. The van der Waals surface area contributed by atoms with Crippen LogP contribution < -0.4 is 9.47 Å². The molecule has 0 aliphatic carbocycles. The van der Waals surface area contributed by atoms with Crippen LogP contribution in [0.1, 0.15) is 55.7 Å². The molecule has 5 heteroatoms. The van der Waals surface area contributed by atoms with Gasteiger partial charge in [0.25, 0.3) is 0 Å². The Morgan fingerprint density at radius 1 is 1.25 bits per heavy atom. The highest BCUT2D eigenvalue weighted by molar-refractivity contribution is 5.40. The van der Waals surface area contributed by atoms with Crippen molar-refractivity contribution in [1.29, 1.82) is 0 Å².